The van der Waals surface area contributed by atoms with E-state index >= 15 is 0 Å². The normalized spacial score (nSPS) is 15.2. The van der Waals surface area contributed by atoms with Crippen molar-refractivity contribution in [2.45, 2.75) is 38.8 Å². The van der Waals surface area contributed by atoms with Crippen molar-refractivity contribution < 1.29 is 28.5 Å². The van der Waals surface area contributed by atoms with Gasteiger partial charge in [0.2, 0.25) is 23.0 Å². The number of rotatable bonds is 8. The molecule has 240 valence electrons. The van der Waals surface area contributed by atoms with Crippen LogP contribution in [-0.2, 0) is 29.0 Å². The molecular formula is C35H38N4O7. The molecule has 1 unspecified atom stereocenters. The van der Waals surface area contributed by atoms with Crippen LogP contribution in [-0.4, -0.2) is 63.2 Å². The Hall–Kier alpha value is -5.19. The summed E-state index contributed by atoms with van der Waals surface area (Å²) in [6.07, 6.45) is 1.86. The van der Waals surface area contributed by atoms with E-state index in [0.717, 1.165) is 44.6 Å². The zero-order valence-electron chi connectivity index (χ0n) is 26.7. The van der Waals surface area contributed by atoms with Crippen molar-refractivity contribution in [1.29, 1.82) is 0 Å². The molecule has 11 heteroatoms. The highest BCUT2D eigenvalue weighted by Crippen LogP contribution is 2.50. The number of aryl methyl sites for hydroxylation is 1. The molecule has 11 nitrogen and oxygen atoms in total. The Morgan fingerprint density at radius 1 is 0.957 bits per heavy atom. The summed E-state index contributed by atoms with van der Waals surface area (Å²) in [7, 11) is 6.31. The van der Waals surface area contributed by atoms with Crippen molar-refractivity contribution in [3.8, 4) is 34.1 Å². The fourth-order valence-electron chi connectivity index (χ4n) is 6.67. The number of nitrogens with one attached hydrogen (secondary N) is 3. The topological polar surface area (TPSA) is 131 Å². The van der Waals surface area contributed by atoms with Crippen LogP contribution < -0.4 is 35.0 Å². The van der Waals surface area contributed by atoms with Gasteiger partial charge in [0.15, 0.2) is 11.5 Å². The van der Waals surface area contributed by atoms with Gasteiger partial charge >= 0.3 is 0 Å². The Balaban J connectivity index is 1.32. The van der Waals surface area contributed by atoms with Gasteiger partial charge in [-0.3, -0.25) is 14.4 Å². The van der Waals surface area contributed by atoms with Gasteiger partial charge in [-0.05, 0) is 65.9 Å². The number of aromatic nitrogens is 1. The molecule has 3 N–H and O–H groups in total. The molecule has 3 aromatic carbocycles. The molecule has 0 spiro atoms. The van der Waals surface area contributed by atoms with E-state index in [1.165, 1.54) is 6.92 Å². The summed E-state index contributed by atoms with van der Waals surface area (Å²) < 4.78 is 22.5. The lowest BCUT2D eigenvalue weighted by atomic mass is 9.95. The lowest BCUT2D eigenvalue weighted by Crippen LogP contribution is -2.39. The minimum absolute atomic E-state index is 0.0506. The van der Waals surface area contributed by atoms with Crippen LogP contribution in [0.1, 0.15) is 41.8 Å². The molecule has 1 atom stereocenters. The molecule has 0 saturated heterocycles. The number of nitrogens with zero attached hydrogens (tertiary/aromatic N) is 1. The Bertz CT molecular complexity index is 1900. The van der Waals surface area contributed by atoms with Crippen LogP contribution >= 0.6 is 0 Å². The van der Waals surface area contributed by atoms with Gasteiger partial charge in [-0.1, -0.05) is 6.07 Å². The molecule has 1 aromatic heterocycles. The summed E-state index contributed by atoms with van der Waals surface area (Å²) in [4.78, 5) is 44.6. The number of H-pyrrole nitrogens is 1. The van der Waals surface area contributed by atoms with Gasteiger partial charge in [0.1, 0.15) is 5.75 Å². The molecule has 1 aliphatic heterocycles. The highest BCUT2D eigenvalue weighted by molar-refractivity contribution is 5.88. The number of fused-ring (bicyclic) bond motifs is 6. The summed E-state index contributed by atoms with van der Waals surface area (Å²) >= 11 is 0. The van der Waals surface area contributed by atoms with E-state index in [-0.39, 0.29) is 29.5 Å². The maximum Gasteiger partial charge on any atom is 0.242 e. The first kappa shape index (κ1) is 30.8. The van der Waals surface area contributed by atoms with Crippen LogP contribution in [0.4, 0.5) is 5.69 Å². The number of benzene rings is 2. The first-order valence-electron chi connectivity index (χ1n) is 15.2. The summed E-state index contributed by atoms with van der Waals surface area (Å²) in [5, 5.41) is 7.15. The Labute approximate surface area is 266 Å². The molecule has 2 aliphatic rings. The average molecular weight is 627 g/mol. The molecule has 2 amide bonds. The number of amides is 2. The number of methoxy groups -OCH3 is 4. The zero-order valence-corrected chi connectivity index (χ0v) is 26.7. The van der Waals surface area contributed by atoms with Gasteiger partial charge in [0.05, 0.1) is 46.7 Å². The first-order chi connectivity index (χ1) is 22.3. The molecule has 1 aliphatic carbocycles. The average Bonchev–Trinajstić information content (AvgIpc) is 3.26. The predicted octanol–water partition coefficient (Wildman–Crippen LogP) is 4.35. The highest BCUT2D eigenvalue weighted by Gasteiger charge is 2.30. The van der Waals surface area contributed by atoms with E-state index in [2.05, 4.69) is 15.6 Å². The zero-order chi connectivity index (χ0) is 32.5. The van der Waals surface area contributed by atoms with E-state index in [9.17, 15) is 14.4 Å². The van der Waals surface area contributed by atoms with Crippen molar-refractivity contribution in [2.75, 3.05) is 46.8 Å². The largest absolute Gasteiger partial charge is 0.497 e. The van der Waals surface area contributed by atoms with Crippen molar-refractivity contribution in [3.63, 3.8) is 0 Å². The number of anilines is 1. The quantitative estimate of drug-likeness (QED) is 0.263. The van der Waals surface area contributed by atoms with Gasteiger partial charge in [0.25, 0.3) is 0 Å². The summed E-state index contributed by atoms with van der Waals surface area (Å²) in [5.41, 5.74) is 6.27. The molecule has 2 heterocycles. The minimum Gasteiger partial charge on any atom is -0.497 e. The van der Waals surface area contributed by atoms with Gasteiger partial charge < -0.3 is 39.5 Å². The number of ether oxygens (including phenoxy) is 4. The second-order valence-corrected chi connectivity index (χ2v) is 11.5. The number of hydrogen-bond acceptors (Lipinski definition) is 8. The number of hydrogen-bond donors (Lipinski definition) is 3. The molecule has 4 aromatic rings. The van der Waals surface area contributed by atoms with E-state index in [0.29, 0.717) is 55.2 Å². The minimum atomic E-state index is -0.423. The maximum atomic E-state index is 13.7. The predicted molar refractivity (Wildman–Crippen MR) is 175 cm³/mol. The van der Waals surface area contributed by atoms with Crippen LogP contribution in [0.3, 0.4) is 0 Å². The molecular weight excluding hydrogens is 588 g/mol. The van der Waals surface area contributed by atoms with E-state index in [4.69, 9.17) is 18.9 Å². The number of carbonyl (C=O) groups is 2. The summed E-state index contributed by atoms with van der Waals surface area (Å²) in [6, 6.07) is 12.4. The van der Waals surface area contributed by atoms with Crippen LogP contribution in [0.15, 0.2) is 47.3 Å². The third-order valence-electron chi connectivity index (χ3n) is 8.88. The lowest BCUT2D eigenvalue weighted by molar-refractivity contribution is -0.130. The second kappa shape index (κ2) is 12.7. The molecule has 6 rings (SSSR count). The van der Waals surface area contributed by atoms with E-state index < -0.39 is 6.04 Å². The van der Waals surface area contributed by atoms with Crippen LogP contribution in [0, 0.1) is 0 Å². The molecule has 0 saturated carbocycles. The molecule has 0 fully saturated rings. The van der Waals surface area contributed by atoms with E-state index in [1.807, 2.05) is 30.3 Å². The standard InChI is InChI=1S/C35H38N4O7/c1-19(40)37-26-9-6-20-14-31(44-3)34(45-4)35(46-5)33(20)22-8-11-29(30(41)16-24(22)26)36-17-32(42)39-13-12-28-25(18-39)23-15-21(43-2)7-10-27(23)38-28/h7-8,10-11,14-16,26,38H,6,9,12-13,17-18H2,1-5H3,(H,36,41)(H,37,40). The highest BCUT2D eigenvalue weighted by atomic mass is 16.5. The van der Waals surface area contributed by atoms with Gasteiger partial charge in [0, 0.05) is 54.2 Å². The van der Waals surface area contributed by atoms with Crippen LogP contribution in [0.25, 0.3) is 22.0 Å². The monoisotopic (exact) mass is 626 g/mol. The van der Waals surface area contributed by atoms with Crippen LogP contribution in [0.2, 0.25) is 0 Å². The van der Waals surface area contributed by atoms with Crippen molar-refractivity contribution >= 4 is 28.4 Å². The molecule has 0 bridgehead atoms. The summed E-state index contributed by atoms with van der Waals surface area (Å²) in [5.74, 6) is 1.88. The number of aromatic amines is 1. The Morgan fingerprint density at radius 3 is 2.48 bits per heavy atom. The molecule has 46 heavy (non-hydrogen) atoms. The number of carbonyl (C=O) groups excluding carboxylic acids is 2. The maximum absolute atomic E-state index is 13.7. The fraction of sp³-hybridized carbons (Fsp3) is 0.343. The van der Waals surface area contributed by atoms with Gasteiger partial charge in [-0.2, -0.15) is 0 Å². The first-order valence-corrected chi connectivity index (χ1v) is 15.2. The van der Waals surface area contributed by atoms with Crippen LogP contribution in [0.5, 0.6) is 23.0 Å². The van der Waals surface area contributed by atoms with Crippen molar-refractivity contribution in [2.24, 2.45) is 0 Å². The van der Waals surface area contributed by atoms with Gasteiger partial charge in [-0.15, -0.1) is 0 Å². The van der Waals surface area contributed by atoms with Crippen molar-refractivity contribution in [1.82, 2.24) is 15.2 Å². The smallest absolute Gasteiger partial charge is 0.242 e. The second-order valence-electron chi connectivity index (χ2n) is 11.5. The molecule has 0 radical (unpaired) electrons. The van der Waals surface area contributed by atoms with Crippen molar-refractivity contribution in [3.05, 3.63) is 75.1 Å². The summed E-state index contributed by atoms with van der Waals surface area (Å²) in [6.45, 7) is 2.44. The Morgan fingerprint density at radius 2 is 1.76 bits per heavy atom. The Kier molecular flexibility index (Phi) is 8.48. The third-order valence-corrected chi connectivity index (χ3v) is 8.88. The van der Waals surface area contributed by atoms with Gasteiger partial charge in [-0.25, -0.2) is 0 Å². The lowest BCUT2D eigenvalue weighted by Gasteiger charge is -2.27. The third kappa shape index (κ3) is 5.57. The SMILES string of the molecule is COc1ccc2[nH]c3c(c2c1)CN(C(=O)CNc1ccc2c(cc1=O)C(NC(C)=O)CCc1cc(OC)c(OC)c(OC)c1-2)CC3. The van der Waals surface area contributed by atoms with E-state index in [1.54, 1.807) is 45.5 Å². The fourth-order valence-corrected chi connectivity index (χ4v) is 6.67.